The van der Waals surface area contributed by atoms with Crippen LogP contribution in [0.1, 0.15) is 45.1 Å². The van der Waals surface area contributed by atoms with Gasteiger partial charge in [0.2, 0.25) is 0 Å². The Morgan fingerprint density at radius 2 is 1.79 bits per heavy atom. The largest absolute Gasteiger partial charge is 0.495 e. The standard InChI is InChI=1S/C32H34F3N5O2/c1-4-39-13-15-40(16-14-39)20-25-9-7-23(18-28(25)32(33,34)35)31(41)38-26-10-5-21(2)22(17-26)6-8-24-19-37-30-27(11-12-36-30)29(24)42-3/h5-12,17-19H,4,13-16,20H2,1-3H3,(H,36,37)(H,38,41)/b8-6+. The number of carbonyl (C=O) groups excluding carboxylic acids is 1. The highest BCUT2D eigenvalue weighted by Crippen LogP contribution is 2.34. The SMILES string of the molecule is CCN1CCN(Cc2ccc(C(=O)Nc3ccc(C)c(/C=C/c4cnc5[nH]ccc5c4OC)c3)cc2C(F)(F)F)CC1. The van der Waals surface area contributed by atoms with Crippen molar-refractivity contribution in [1.29, 1.82) is 0 Å². The average molecular weight is 578 g/mol. The van der Waals surface area contributed by atoms with Crippen molar-refractivity contribution in [2.24, 2.45) is 0 Å². The molecule has 0 unspecified atom stereocenters. The number of carbonyl (C=O) groups is 1. The first-order chi connectivity index (χ1) is 20.2. The topological polar surface area (TPSA) is 73.5 Å². The Morgan fingerprint density at radius 1 is 1.05 bits per heavy atom. The van der Waals surface area contributed by atoms with Gasteiger partial charge in [0.1, 0.15) is 11.4 Å². The van der Waals surface area contributed by atoms with Gasteiger partial charge in [-0.25, -0.2) is 4.98 Å². The van der Waals surface area contributed by atoms with Gasteiger partial charge in [-0.15, -0.1) is 0 Å². The number of methoxy groups -OCH3 is 1. The number of fused-ring (bicyclic) bond motifs is 1. The van der Waals surface area contributed by atoms with Gasteiger partial charge in [0.05, 0.1) is 18.1 Å². The predicted octanol–water partition coefficient (Wildman–Crippen LogP) is 6.46. The van der Waals surface area contributed by atoms with Crippen molar-refractivity contribution in [3.63, 3.8) is 0 Å². The summed E-state index contributed by atoms with van der Waals surface area (Å²) in [5.74, 6) is 0.0814. The number of piperazine rings is 1. The normalized spacial score (nSPS) is 15.0. The molecule has 0 spiro atoms. The van der Waals surface area contributed by atoms with Gasteiger partial charge in [-0.2, -0.15) is 13.2 Å². The zero-order chi connectivity index (χ0) is 29.9. The molecule has 0 radical (unpaired) electrons. The second kappa shape index (κ2) is 12.4. The van der Waals surface area contributed by atoms with E-state index in [0.717, 1.165) is 53.4 Å². The molecule has 1 aliphatic heterocycles. The Bertz CT molecular complexity index is 1600. The zero-order valence-corrected chi connectivity index (χ0v) is 23.9. The lowest BCUT2D eigenvalue weighted by Crippen LogP contribution is -2.45. The molecule has 2 N–H and O–H groups in total. The fourth-order valence-corrected chi connectivity index (χ4v) is 5.25. The molecule has 5 rings (SSSR count). The minimum absolute atomic E-state index is 0.0461. The van der Waals surface area contributed by atoms with E-state index < -0.39 is 17.6 Å². The lowest BCUT2D eigenvalue weighted by atomic mass is 10.0. The number of alkyl halides is 3. The summed E-state index contributed by atoms with van der Waals surface area (Å²) in [6.45, 7) is 8.22. The molecule has 0 bridgehead atoms. The first-order valence-electron chi connectivity index (χ1n) is 13.9. The first-order valence-corrected chi connectivity index (χ1v) is 13.9. The number of aryl methyl sites for hydroxylation is 1. The maximum atomic E-state index is 14.1. The van der Waals surface area contributed by atoms with E-state index in [0.29, 0.717) is 24.5 Å². The molecule has 1 fully saturated rings. The molecule has 1 aliphatic rings. The van der Waals surface area contributed by atoms with E-state index in [9.17, 15) is 18.0 Å². The smallest absolute Gasteiger partial charge is 0.416 e. The van der Waals surface area contributed by atoms with Crippen LogP contribution in [0, 0.1) is 6.92 Å². The van der Waals surface area contributed by atoms with Crippen molar-refractivity contribution in [2.75, 3.05) is 45.2 Å². The fourth-order valence-electron chi connectivity index (χ4n) is 5.25. The van der Waals surface area contributed by atoms with Crippen molar-refractivity contribution >= 4 is 34.8 Å². The van der Waals surface area contributed by atoms with E-state index in [2.05, 4.69) is 27.1 Å². The molecule has 0 atom stereocenters. The maximum absolute atomic E-state index is 14.1. The molecule has 0 aliphatic carbocycles. The number of halogens is 3. The van der Waals surface area contributed by atoms with Crippen molar-refractivity contribution in [2.45, 2.75) is 26.6 Å². The second-order valence-corrected chi connectivity index (χ2v) is 10.4. The van der Waals surface area contributed by atoms with Gasteiger partial charge < -0.3 is 19.9 Å². The highest BCUT2D eigenvalue weighted by atomic mass is 19.4. The number of benzene rings is 2. The second-order valence-electron chi connectivity index (χ2n) is 10.4. The third kappa shape index (κ3) is 6.50. The Balaban J connectivity index is 1.33. The maximum Gasteiger partial charge on any atom is 0.416 e. The Morgan fingerprint density at radius 3 is 2.50 bits per heavy atom. The summed E-state index contributed by atoms with van der Waals surface area (Å²) in [4.78, 5) is 24.9. The quantitative estimate of drug-likeness (QED) is 0.252. The number of aromatic nitrogens is 2. The van der Waals surface area contributed by atoms with Crippen LogP contribution in [0.5, 0.6) is 5.75 Å². The van der Waals surface area contributed by atoms with E-state index >= 15 is 0 Å². The molecular formula is C32H34F3N5O2. The van der Waals surface area contributed by atoms with Gasteiger partial charge >= 0.3 is 6.18 Å². The van der Waals surface area contributed by atoms with Crippen LogP contribution in [-0.4, -0.2) is 65.5 Å². The average Bonchev–Trinajstić information content (AvgIpc) is 3.46. The number of nitrogens with one attached hydrogen (secondary N) is 2. The van der Waals surface area contributed by atoms with Crippen LogP contribution < -0.4 is 10.1 Å². The Labute approximate surface area is 243 Å². The number of hydrogen-bond donors (Lipinski definition) is 2. The number of pyridine rings is 1. The number of anilines is 1. The van der Waals surface area contributed by atoms with E-state index in [-0.39, 0.29) is 17.7 Å². The molecule has 7 nitrogen and oxygen atoms in total. The number of hydrogen-bond acceptors (Lipinski definition) is 5. The van der Waals surface area contributed by atoms with E-state index in [4.69, 9.17) is 4.74 Å². The fraction of sp³-hybridized carbons (Fsp3) is 0.312. The number of rotatable bonds is 8. The summed E-state index contributed by atoms with van der Waals surface area (Å²) >= 11 is 0. The summed E-state index contributed by atoms with van der Waals surface area (Å²) in [5.41, 5.74) is 3.13. The number of ether oxygens (including phenoxy) is 1. The van der Waals surface area contributed by atoms with Gasteiger partial charge in [-0.3, -0.25) is 9.69 Å². The number of H-pyrrole nitrogens is 1. The first kappa shape index (κ1) is 29.3. The highest BCUT2D eigenvalue weighted by molar-refractivity contribution is 6.04. The van der Waals surface area contributed by atoms with E-state index in [1.54, 1.807) is 31.6 Å². The van der Waals surface area contributed by atoms with Gasteiger partial charge in [0, 0.05) is 61.9 Å². The van der Waals surface area contributed by atoms with E-state index in [1.807, 2.05) is 36.1 Å². The highest BCUT2D eigenvalue weighted by Gasteiger charge is 2.34. The van der Waals surface area contributed by atoms with E-state index in [1.165, 1.54) is 12.1 Å². The number of aromatic amines is 1. The number of amides is 1. The molecule has 2 aromatic carbocycles. The van der Waals surface area contributed by atoms with Gasteiger partial charge in [-0.05, 0) is 66.6 Å². The Hall–Kier alpha value is -4.15. The molecule has 4 aromatic rings. The zero-order valence-electron chi connectivity index (χ0n) is 23.9. The predicted molar refractivity (Wildman–Crippen MR) is 160 cm³/mol. The van der Waals surface area contributed by atoms with Crippen molar-refractivity contribution in [1.82, 2.24) is 19.8 Å². The molecule has 10 heteroatoms. The van der Waals surface area contributed by atoms with Gasteiger partial charge in [0.25, 0.3) is 5.91 Å². The lowest BCUT2D eigenvalue weighted by molar-refractivity contribution is -0.138. The van der Waals surface area contributed by atoms with Crippen molar-refractivity contribution in [3.8, 4) is 5.75 Å². The Kier molecular flexibility index (Phi) is 8.65. The molecule has 1 amide bonds. The summed E-state index contributed by atoms with van der Waals surface area (Å²) in [6, 6.07) is 11.1. The van der Waals surface area contributed by atoms with Crippen LogP contribution >= 0.6 is 0 Å². The van der Waals surface area contributed by atoms with Crippen LogP contribution in [0.3, 0.4) is 0 Å². The van der Waals surface area contributed by atoms with Crippen molar-refractivity contribution in [3.05, 3.63) is 88.2 Å². The summed E-state index contributed by atoms with van der Waals surface area (Å²) in [6.07, 6.45) is 2.70. The molecule has 2 aromatic heterocycles. The third-order valence-corrected chi connectivity index (χ3v) is 7.73. The molecule has 1 saturated heterocycles. The van der Waals surface area contributed by atoms with Gasteiger partial charge in [0.15, 0.2) is 0 Å². The number of nitrogens with zero attached hydrogens (tertiary/aromatic N) is 3. The third-order valence-electron chi connectivity index (χ3n) is 7.73. The molecule has 220 valence electrons. The van der Waals surface area contributed by atoms with Gasteiger partial charge in [-0.1, -0.05) is 25.1 Å². The molecular weight excluding hydrogens is 543 g/mol. The van der Waals surface area contributed by atoms with Crippen LogP contribution in [0.4, 0.5) is 18.9 Å². The lowest BCUT2D eigenvalue weighted by Gasteiger charge is -2.34. The molecule has 42 heavy (non-hydrogen) atoms. The summed E-state index contributed by atoms with van der Waals surface area (Å²) < 4.78 is 47.8. The molecule has 3 heterocycles. The van der Waals surface area contributed by atoms with Crippen molar-refractivity contribution < 1.29 is 22.7 Å². The summed E-state index contributed by atoms with van der Waals surface area (Å²) in [5, 5.41) is 3.62. The van der Waals surface area contributed by atoms with Crippen LogP contribution in [0.25, 0.3) is 23.2 Å². The monoisotopic (exact) mass is 577 g/mol. The minimum atomic E-state index is -4.57. The summed E-state index contributed by atoms with van der Waals surface area (Å²) in [7, 11) is 1.60. The van der Waals surface area contributed by atoms with Crippen LogP contribution in [0.2, 0.25) is 0 Å². The number of likely N-dealkylation sites (N-methyl/N-ethyl adjacent to an activating group) is 1. The van der Waals surface area contributed by atoms with Crippen LogP contribution in [-0.2, 0) is 12.7 Å². The molecule has 0 saturated carbocycles. The van der Waals surface area contributed by atoms with Crippen LogP contribution in [0.15, 0.2) is 54.9 Å². The minimum Gasteiger partial charge on any atom is -0.495 e.